The van der Waals surface area contributed by atoms with E-state index in [4.69, 9.17) is 9.84 Å². The quantitative estimate of drug-likeness (QED) is 0.892. The number of fused-ring (bicyclic) bond motifs is 1. The zero-order valence-corrected chi connectivity index (χ0v) is 11.7. The molecule has 21 heavy (non-hydrogen) atoms. The minimum absolute atomic E-state index is 0.0152. The van der Waals surface area contributed by atoms with Crippen LogP contribution in [0.2, 0.25) is 0 Å². The summed E-state index contributed by atoms with van der Waals surface area (Å²) in [4.78, 5) is 4.27. The van der Waals surface area contributed by atoms with Crippen molar-refractivity contribution in [2.24, 2.45) is 0 Å². The van der Waals surface area contributed by atoms with Crippen molar-refractivity contribution in [3.05, 3.63) is 29.6 Å². The third-order valence-corrected chi connectivity index (χ3v) is 3.23. The zero-order valence-electron chi connectivity index (χ0n) is 11.7. The summed E-state index contributed by atoms with van der Waals surface area (Å²) < 4.78 is 45.1. The smallest absolute Gasteiger partial charge is 0.396 e. The van der Waals surface area contributed by atoms with E-state index >= 15 is 0 Å². The molecule has 0 radical (unpaired) electrons. The first-order chi connectivity index (χ1) is 9.97. The molecule has 0 saturated heterocycles. The lowest BCUT2D eigenvalue weighted by Gasteiger charge is -2.09. The van der Waals surface area contributed by atoms with Crippen molar-refractivity contribution in [1.29, 1.82) is 0 Å². The van der Waals surface area contributed by atoms with Gasteiger partial charge in [-0.25, -0.2) is 4.98 Å². The lowest BCUT2D eigenvalue weighted by Crippen LogP contribution is -2.09. The average Bonchev–Trinajstić information content (AvgIpc) is 2.78. The van der Waals surface area contributed by atoms with E-state index in [2.05, 4.69) is 4.98 Å². The van der Waals surface area contributed by atoms with Crippen molar-refractivity contribution in [3.63, 3.8) is 0 Å². The van der Waals surface area contributed by atoms with Gasteiger partial charge in [-0.1, -0.05) is 0 Å². The van der Waals surface area contributed by atoms with Gasteiger partial charge in [0.1, 0.15) is 5.82 Å². The van der Waals surface area contributed by atoms with Crippen LogP contribution in [0.4, 0.5) is 13.2 Å². The number of hydrogen-bond donors (Lipinski definition) is 1. The van der Waals surface area contributed by atoms with Crippen molar-refractivity contribution in [2.75, 3.05) is 20.3 Å². The maximum absolute atomic E-state index is 12.7. The monoisotopic (exact) mass is 302 g/mol. The Labute approximate surface area is 120 Å². The van der Waals surface area contributed by atoms with Crippen LogP contribution in [0.15, 0.2) is 18.2 Å². The van der Waals surface area contributed by atoms with Crippen molar-refractivity contribution < 1.29 is 23.0 Å². The predicted molar refractivity (Wildman–Crippen MR) is 72.0 cm³/mol. The summed E-state index contributed by atoms with van der Waals surface area (Å²) >= 11 is 0. The summed E-state index contributed by atoms with van der Waals surface area (Å²) in [5.41, 5.74) is 0.252. The topological polar surface area (TPSA) is 47.3 Å². The number of methoxy groups -OCH3 is 1. The van der Waals surface area contributed by atoms with Gasteiger partial charge in [0.15, 0.2) is 0 Å². The number of aryl methyl sites for hydroxylation is 1. The number of benzene rings is 1. The van der Waals surface area contributed by atoms with Crippen molar-refractivity contribution >= 4 is 11.0 Å². The predicted octanol–water partition coefficient (Wildman–Crippen LogP) is 2.63. The fraction of sp³-hybridized carbons (Fsp3) is 0.500. The number of alkyl halides is 3. The molecule has 1 aromatic heterocycles. The molecule has 116 valence electrons. The Bertz CT molecular complexity index is 608. The molecule has 0 amide bonds. The second-order valence-electron chi connectivity index (χ2n) is 4.70. The van der Waals surface area contributed by atoms with E-state index in [1.165, 1.54) is 6.07 Å². The maximum atomic E-state index is 12.7. The van der Waals surface area contributed by atoms with Gasteiger partial charge in [-0.15, -0.1) is 0 Å². The largest absolute Gasteiger partial charge is 0.416 e. The third-order valence-electron chi connectivity index (χ3n) is 3.23. The molecule has 0 unspecified atom stereocenters. The molecular formula is C14H17F3N2O2. The van der Waals surface area contributed by atoms with Gasteiger partial charge >= 0.3 is 6.18 Å². The van der Waals surface area contributed by atoms with E-state index in [9.17, 15) is 13.2 Å². The fourth-order valence-electron chi connectivity index (χ4n) is 2.22. The highest BCUT2D eigenvalue weighted by atomic mass is 19.4. The van der Waals surface area contributed by atoms with Crippen LogP contribution in [0, 0.1) is 0 Å². The molecule has 0 atom stereocenters. The highest BCUT2D eigenvalue weighted by Gasteiger charge is 2.31. The molecule has 7 heteroatoms. The molecule has 0 aliphatic rings. The van der Waals surface area contributed by atoms with Crippen molar-refractivity contribution in [2.45, 2.75) is 25.6 Å². The molecule has 0 aliphatic heterocycles. The van der Waals surface area contributed by atoms with Gasteiger partial charge < -0.3 is 14.4 Å². The number of rotatable bonds is 6. The van der Waals surface area contributed by atoms with E-state index in [1.807, 2.05) is 4.57 Å². The van der Waals surface area contributed by atoms with Gasteiger partial charge in [0, 0.05) is 26.7 Å². The van der Waals surface area contributed by atoms with E-state index in [1.54, 1.807) is 7.11 Å². The average molecular weight is 302 g/mol. The molecule has 1 aromatic carbocycles. The maximum Gasteiger partial charge on any atom is 0.416 e. The summed E-state index contributed by atoms with van der Waals surface area (Å²) in [5, 5.41) is 8.91. The van der Waals surface area contributed by atoms with Crippen LogP contribution in [0.25, 0.3) is 11.0 Å². The van der Waals surface area contributed by atoms with Crippen LogP contribution < -0.4 is 0 Å². The van der Waals surface area contributed by atoms with E-state index in [0.717, 1.165) is 12.1 Å². The number of aliphatic hydroxyl groups excluding tert-OH is 1. The molecule has 0 saturated carbocycles. The summed E-state index contributed by atoms with van der Waals surface area (Å²) in [6, 6.07) is 3.55. The minimum Gasteiger partial charge on any atom is -0.396 e. The second-order valence-corrected chi connectivity index (χ2v) is 4.70. The second kappa shape index (κ2) is 6.44. The Morgan fingerprint density at radius 3 is 2.71 bits per heavy atom. The fourth-order valence-corrected chi connectivity index (χ4v) is 2.22. The number of aromatic nitrogens is 2. The van der Waals surface area contributed by atoms with Gasteiger partial charge in [0.25, 0.3) is 0 Å². The van der Waals surface area contributed by atoms with Crippen LogP contribution in [-0.2, 0) is 23.9 Å². The first-order valence-corrected chi connectivity index (χ1v) is 6.63. The van der Waals surface area contributed by atoms with Gasteiger partial charge in [-0.2, -0.15) is 13.2 Å². The van der Waals surface area contributed by atoms with Crippen molar-refractivity contribution in [3.8, 4) is 0 Å². The molecule has 1 heterocycles. The molecule has 2 aromatic rings. The Hall–Kier alpha value is -1.60. The van der Waals surface area contributed by atoms with E-state index < -0.39 is 11.7 Å². The molecule has 0 aliphatic carbocycles. The summed E-state index contributed by atoms with van der Waals surface area (Å²) in [6.07, 6.45) is -3.35. The lowest BCUT2D eigenvalue weighted by molar-refractivity contribution is -0.137. The standard InChI is InChI=1S/C14H17F3N2O2/c1-21-8-6-19-12-5-4-10(14(15,16)17)9-11(12)18-13(19)3-2-7-20/h4-5,9,20H,2-3,6-8H2,1H3. The first-order valence-electron chi connectivity index (χ1n) is 6.63. The molecule has 2 rings (SSSR count). The van der Waals surface area contributed by atoms with Crippen LogP contribution >= 0.6 is 0 Å². The number of hydrogen-bond acceptors (Lipinski definition) is 3. The van der Waals surface area contributed by atoms with E-state index in [-0.39, 0.29) is 6.61 Å². The van der Waals surface area contributed by atoms with Crippen LogP contribution in [-0.4, -0.2) is 35.0 Å². The Morgan fingerprint density at radius 1 is 1.33 bits per heavy atom. The first kappa shape index (κ1) is 15.8. The van der Waals surface area contributed by atoms with Gasteiger partial charge in [0.05, 0.1) is 23.2 Å². The van der Waals surface area contributed by atoms with E-state index in [0.29, 0.717) is 42.9 Å². The molecule has 0 bridgehead atoms. The number of aliphatic hydroxyl groups is 1. The molecular weight excluding hydrogens is 285 g/mol. The third kappa shape index (κ3) is 3.54. The summed E-state index contributed by atoms with van der Waals surface area (Å²) in [5.74, 6) is 0.662. The minimum atomic E-state index is -4.38. The van der Waals surface area contributed by atoms with Crippen molar-refractivity contribution in [1.82, 2.24) is 9.55 Å². The number of ether oxygens (including phenoxy) is 1. The normalized spacial score (nSPS) is 12.2. The highest BCUT2D eigenvalue weighted by Crippen LogP contribution is 2.31. The van der Waals surface area contributed by atoms with Crippen LogP contribution in [0.3, 0.4) is 0 Å². The highest BCUT2D eigenvalue weighted by molar-refractivity contribution is 5.77. The Morgan fingerprint density at radius 2 is 2.10 bits per heavy atom. The molecule has 0 spiro atoms. The number of halogens is 3. The lowest BCUT2D eigenvalue weighted by atomic mass is 10.2. The Balaban J connectivity index is 2.45. The molecule has 4 nitrogen and oxygen atoms in total. The van der Waals surface area contributed by atoms with Gasteiger partial charge in [-0.05, 0) is 24.6 Å². The number of nitrogens with zero attached hydrogens (tertiary/aromatic N) is 2. The SMILES string of the molecule is COCCn1c(CCCO)nc2cc(C(F)(F)F)ccc21. The molecule has 0 fully saturated rings. The Kier molecular flexibility index (Phi) is 4.84. The molecule has 1 N–H and O–H groups in total. The summed E-state index contributed by atoms with van der Waals surface area (Å²) in [7, 11) is 1.56. The summed E-state index contributed by atoms with van der Waals surface area (Å²) in [6.45, 7) is 0.971. The van der Waals surface area contributed by atoms with Gasteiger partial charge in [-0.3, -0.25) is 0 Å². The van der Waals surface area contributed by atoms with Crippen LogP contribution in [0.1, 0.15) is 17.8 Å². The van der Waals surface area contributed by atoms with Gasteiger partial charge in [0.2, 0.25) is 0 Å². The number of imidazole rings is 1. The zero-order chi connectivity index (χ0) is 15.5. The van der Waals surface area contributed by atoms with Crippen LogP contribution in [0.5, 0.6) is 0 Å².